The van der Waals surface area contributed by atoms with Crippen LogP contribution in [0, 0.1) is 0 Å². The second kappa shape index (κ2) is 11.3. The van der Waals surface area contributed by atoms with Gasteiger partial charge in [0.2, 0.25) is 0 Å². The van der Waals surface area contributed by atoms with Crippen molar-refractivity contribution in [3.05, 3.63) is 12.7 Å². The molecular weight excluding hydrogens is 649 g/mol. The van der Waals surface area contributed by atoms with Gasteiger partial charge in [-0.15, -0.1) is 0 Å². The van der Waals surface area contributed by atoms with Crippen LogP contribution in [0.1, 0.15) is 6.23 Å². The zero-order valence-electron chi connectivity index (χ0n) is 18.3. The average Bonchev–Trinajstić information content (AvgIpc) is 3.24. The molecule has 10 N–H and O–H groups in total. The highest BCUT2D eigenvalue weighted by atomic mass is 31.3. The maximum atomic E-state index is 12.1. The number of nitrogen functional groups attached to an aromatic ring is 1. The minimum absolute atomic E-state index is 0.0189. The molecule has 24 nitrogen and oxygen atoms in total. The number of nitrogens with two attached hydrogens (primary N) is 1. The number of rotatable bonds is 12. The van der Waals surface area contributed by atoms with E-state index in [0.717, 1.165) is 17.2 Å². The number of phosphoric acid groups is 5. The van der Waals surface area contributed by atoms with E-state index in [4.69, 9.17) is 25.2 Å². The molecule has 0 spiro atoms. The molecule has 0 radical (unpaired) electrons. The lowest BCUT2D eigenvalue weighted by molar-refractivity contribution is -0.0503. The van der Waals surface area contributed by atoms with E-state index in [-0.39, 0.29) is 17.0 Å². The van der Waals surface area contributed by atoms with Crippen LogP contribution in [0.15, 0.2) is 12.7 Å². The number of aliphatic hydroxyl groups is 2. The highest BCUT2D eigenvalue weighted by molar-refractivity contribution is 7.71. The van der Waals surface area contributed by atoms with Crippen LogP contribution < -0.4 is 5.73 Å². The maximum absolute atomic E-state index is 12.1. The van der Waals surface area contributed by atoms with Gasteiger partial charge in [-0.1, -0.05) is 0 Å². The molecule has 0 aliphatic carbocycles. The van der Waals surface area contributed by atoms with Crippen molar-refractivity contribution in [2.24, 2.45) is 0 Å². The fourth-order valence-electron chi connectivity index (χ4n) is 2.91. The third kappa shape index (κ3) is 8.71. The Morgan fingerprint density at radius 2 is 1.36 bits per heavy atom. The van der Waals surface area contributed by atoms with Crippen LogP contribution in [0.4, 0.5) is 5.82 Å². The SMILES string of the molecule is Nc1ncnc2c1ncn2C1OC(COP(=O)(O)OP(=O)(O)OP(=O)(O)OP(=O)(O)OP(=O)(O)O)C(O)C1O. The molecule has 39 heavy (non-hydrogen) atoms. The molecule has 222 valence electrons. The third-order valence-electron chi connectivity index (χ3n) is 4.23. The number of fused-ring (bicyclic) bond motifs is 1. The van der Waals surface area contributed by atoms with Gasteiger partial charge >= 0.3 is 39.1 Å². The van der Waals surface area contributed by atoms with Gasteiger partial charge in [-0.25, -0.2) is 37.8 Å². The van der Waals surface area contributed by atoms with Gasteiger partial charge in [0.05, 0.1) is 12.9 Å². The van der Waals surface area contributed by atoms with Crippen LogP contribution in [0.3, 0.4) is 0 Å². The molecule has 1 aliphatic rings. The summed E-state index contributed by atoms with van der Waals surface area (Å²) in [6.45, 7) is -1.12. The van der Waals surface area contributed by atoms with E-state index in [1.165, 1.54) is 0 Å². The number of nitrogens with zero attached hydrogens (tertiary/aromatic N) is 4. The number of hydrogen-bond donors (Lipinski definition) is 9. The molecule has 0 aromatic carbocycles. The first-order valence-electron chi connectivity index (χ1n) is 9.41. The molecule has 0 amide bonds. The quantitative estimate of drug-likeness (QED) is 0.118. The van der Waals surface area contributed by atoms with Crippen molar-refractivity contribution in [3.63, 3.8) is 0 Å². The Hall–Kier alpha value is -1.06. The Morgan fingerprint density at radius 1 is 0.821 bits per heavy atom. The molecule has 2 aromatic heterocycles. The Balaban J connectivity index is 1.63. The highest BCUT2D eigenvalue weighted by Gasteiger charge is 2.49. The summed E-state index contributed by atoms with van der Waals surface area (Å²) in [5.41, 5.74) is 5.85. The van der Waals surface area contributed by atoms with E-state index in [0.29, 0.717) is 0 Å². The second-order valence-corrected chi connectivity index (χ2v) is 14.7. The van der Waals surface area contributed by atoms with Crippen LogP contribution in [0.5, 0.6) is 0 Å². The minimum atomic E-state index is -6.26. The summed E-state index contributed by atoms with van der Waals surface area (Å²) in [4.78, 5) is 65.9. The molecule has 8 unspecified atom stereocenters. The second-order valence-electron chi connectivity index (χ2n) is 7.12. The number of aromatic nitrogens is 4. The van der Waals surface area contributed by atoms with Crippen molar-refractivity contribution in [2.45, 2.75) is 24.5 Å². The predicted molar refractivity (Wildman–Crippen MR) is 117 cm³/mol. The van der Waals surface area contributed by atoms with Gasteiger partial charge in [-0.2, -0.15) is 17.2 Å². The smallest absolute Gasteiger partial charge is 0.387 e. The van der Waals surface area contributed by atoms with Crippen LogP contribution in [-0.2, 0) is 49.3 Å². The number of aliphatic hydroxyl groups excluding tert-OH is 2. The number of imidazole rings is 1. The standard InChI is InChI=1S/C10H18N5O19P5/c11-8-5-9(13-2-12-8)15(3-14-5)10-7(17)6(16)4(30-10)1-29-36(21,22)32-38(25,26)34-39(27,28)33-37(23,24)31-35(18,19)20/h2-4,6-7,10,16-17H,1H2,(H,21,22)(H,23,24)(H,25,26)(H,27,28)(H2,11,12,13)(H2,18,19,20). The first-order valence-corrected chi connectivity index (χ1v) is 16.9. The largest absolute Gasteiger partial charge is 0.490 e. The molecule has 3 rings (SSSR count). The molecular formula is C10H18N5O19P5. The summed E-state index contributed by atoms with van der Waals surface area (Å²) < 4.78 is 82.1. The summed E-state index contributed by atoms with van der Waals surface area (Å²) in [5.74, 6) is -0.0189. The molecule has 29 heteroatoms. The minimum Gasteiger partial charge on any atom is -0.387 e. The summed E-state index contributed by atoms with van der Waals surface area (Å²) in [6.07, 6.45) is -4.32. The van der Waals surface area contributed by atoms with Gasteiger partial charge in [0.25, 0.3) is 0 Å². The highest BCUT2D eigenvalue weighted by Crippen LogP contribution is 2.73. The van der Waals surface area contributed by atoms with Gasteiger partial charge < -0.3 is 50.0 Å². The summed E-state index contributed by atoms with van der Waals surface area (Å²) in [5, 5.41) is 20.6. The van der Waals surface area contributed by atoms with Crippen LogP contribution >= 0.6 is 39.1 Å². The monoisotopic (exact) mass is 667 g/mol. The van der Waals surface area contributed by atoms with Gasteiger partial charge in [0, 0.05) is 0 Å². The maximum Gasteiger partial charge on any atom is 0.490 e. The lowest BCUT2D eigenvalue weighted by Gasteiger charge is -2.20. The summed E-state index contributed by atoms with van der Waals surface area (Å²) in [6, 6.07) is 0. The van der Waals surface area contributed by atoms with Crippen LogP contribution in [-0.4, -0.2) is 84.0 Å². The molecule has 8 atom stereocenters. The average molecular weight is 667 g/mol. The van der Waals surface area contributed by atoms with Gasteiger partial charge in [0.1, 0.15) is 30.2 Å². The van der Waals surface area contributed by atoms with Crippen molar-refractivity contribution in [1.29, 1.82) is 0 Å². The Labute approximate surface area is 214 Å². The number of anilines is 1. The van der Waals surface area contributed by atoms with Crippen molar-refractivity contribution < 1.29 is 88.9 Å². The first kappa shape index (κ1) is 32.5. The molecule has 1 fully saturated rings. The Morgan fingerprint density at radius 3 is 1.92 bits per heavy atom. The van der Waals surface area contributed by atoms with Crippen molar-refractivity contribution in [3.8, 4) is 0 Å². The van der Waals surface area contributed by atoms with E-state index >= 15 is 0 Å². The zero-order chi connectivity index (χ0) is 29.6. The molecule has 0 bridgehead atoms. The van der Waals surface area contributed by atoms with Crippen LogP contribution in [0.2, 0.25) is 0 Å². The van der Waals surface area contributed by atoms with Crippen molar-refractivity contribution >= 4 is 56.1 Å². The van der Waals surface area contributed by atoms with E-state index in [1.54, 1.807) is 0 Å². The first-order chi connectivity index (χ1) is 17.6. The number of ether oxygens (including phenoxy) is 1. The van der Waals surface area contributed by atoms with E-state index in [2.05, 4.69) is 36.7 Å². The molecule has 1 aliphatic heterocycles. The number of phosphoric ester groups is 1. The lowest BCUT2D eigenvalue weighted by Crippen LogP contribution is -2.33. The molecule has 2 aromatic rings. The molecule has 0 saturated carbocycles. The van der Waals surface area contributed by atoms with Crippen molar-refractivity contribution in [2.75, 3.05) is 12.3 Å². The summed E-state index contributed by atoms with van der Waals surface area (Å²) in [7, 11) is -30.1. The van der Waals surface area contributed by atoms with Gasteiger partial charge in [-0.05, 0) is 0 Å². The van der Waals surface area contributed by atoms with E-state index in [9.17, 15) is 47.7 Å². The number of hydrogen-bond acceptors (Lipinski definition) is 17. The Bertz CT molecular complexity index is 1460. The topological polar surface area (TPSA) is 372 Å². The van der Waals surface area contributed by atoms with Crippen molar-refractivity contribution in [1.82, 2.24) is 19.5 Å². The van der Waals surface area contributed by atoms with E-state index in [1.807, 2.05) is 0 Å². The third-order valence-corrected chi connectivity index (χ3v) is 11.3. The normalized spacial score (nSPS) is 28.4. The zero-order valence-corrected chi connectivity index (χ0v) is 22.8. The lowest BCUT2D eigenvalue weighted by atomic mass is 10.1. The van der Waals surface area contributed by atoms with Gasteiger partial charge in [0.15, 0.2) is 17.7 Å². The fraction of sp³-hybridized carbons (Fsp3) is 0.500. The van der Waals surface area contributed by atoms with Gasteiger partial charge in [-0.3, -0.25) is 9.09 Å². The molecule has 3 heterocycles. The fourth-order valence-corrected chi connectivity index (χ4v) is 8.81. The Kier molecular flexibility index (Phi) is 9.42. The molecule has 1 saturated heterocycles. The van der Waals surface area contributed by atoms with Crippen LogP contribution in [0.25, 0.3) is 11.2 Å². The van der Waals surface area contributed by atoms with E-state index < -0.39 is 70.3 Å². The predicted octanol–water partition coefficient (Wildman–Crippen LogP) is -1.40. The summed E-state index contributed by atoms with van der Waals surface area (Å²) >= 11 is 0.